The smallest absolute Gasteiger partial charge is 0.279 e. The minimum Gasteiger partial charge on any atom is -0.319 e. The second-order valence-corrected chi connectivity index (χ2v) is 9.65. The summed E-state index contributed by atoms with van der Waals surface area (Å²) in [4.78, 5) is 17.6. The number of amides is 1. The predicted molar refractivity (Wildman–Crippen MR) is 121 cm³/mol. The summed E-state index contributed by atoms with van der Waals surface area (Å²) in [5, 5.41) is 0. The van der Waals surface area contributed by atoms with E-state index in [9.17, 15) is 13.2 Å². The van der Waals surface area contributed by atoms with Crippen molar-refractivity contribution in [2.24, 2.45) is 12.0 Å². The van der Waals surface area contributed by atoms with E-state index >= 15 is 0 Å². The van der Waals surface area contributed by atoms with Crippen LogP contribution in [0.1, 0.15) is 15.9 Å². The average molecular weight is 442 g/mol. The van der Waals surface area contributed by atoms with Gasteiger partial charge in [-0.05, 0) is 42.8 Å². The number of aryl methyl sites for hydroxylation is 2. The number of carbonyl (C=O) groups excluding carboxylic acids is 1. The number of nitrogens with zero attached hydrogens (tertiary/aromatic N) is 3. The first kappa shape index (κ1) is 21.9. The summed E-state index contributed by atoms with van der Waals surface area (Å²) < 4.78 is 29.8. The Balaban J connectivity index is 1.93. The van der Waals surface area contributed by atoms with E-state index in [1.165, 1.54) is 52.1 Å². The highest BCUT2D eigenvalue weighted by atomic mass is 32.2. The van der Waals surface area contributed by atoms with Crippen molar-refractivity contribution in [3.05, 3.63) is 83.7 Å². The highest BCUT2D eigenvalue weighted by Crippen LogP contribution is 2.20. The molecule has 3 rings (SSSR count). The highest BCUT2D eigenvalue weighted by Gasteiger charge is 2.22. The van der Waals surface area contributed by atoms with Crippen molar-refractivity contribution in [2.45, 2.75) is 11.8 Å². The Kier molecular flexibility index (Phi) is 6.50. The fourth-order valence-corrected chi connectivity index (χ4v) is 5.61. The van der Waals surface area contributed by atoms with Crippen LogP contribution in [-0.4, -0.2) is 36.3 Å². The van der Waals surface area contributed by atoms with E-state index in [-0.39, 0.29) is 18.0 Å². The van der Waals surface area contributed by atoms with Crippen molar-refractivity contribution in [2.75, 3.05) is 13.1 Å². The molecule has 0 atom stereocenters. The van der Waals surface area contributed by atoms with Crippen molar-refractivity contribution in [3.8, 4) is 0 Å². The zero-order chi connectivity index (χ0) is 21.9. The number of fused-ring (bicyclic) bond motifs is 1. The van der Waals surface area contributed by atoms with Crippen molar-refractivity contribution >= 4 is 37.5 Å². The lowest BCUT2D eigenvalue weighted by Crippen LogP contribution is -2.31. The van der Waals surface area contributed by atoms with Gasteiger partial charge in [0.1, 0.15) is 0 Å². The molecule has 0 radical (unpaired) electrons. The molecule has 6 nitrogen and oxygen atoms in total. The normalized spacial score (nSPS) is 12.4. The Labute approximate surface area is 180 Å². The largest absolute Gasteiger partial charge is 0.319 e. The fourth-order valence-electron chi connectivity index (χ4n) is 3.13. The summed E-state index contributed by atoms with van der Waals surface area (Å²) in [7, 11) is -1.83. The number of hydrogen-bond acceptors (Lipinski definition) is 4. The molecule has 1 heterocycles. The van der Waals surface area contributed by atoms with Gasteiger partial charge < -0.3 is 4.57 Å². The second-order valence-electron chi connectivity index (χ2n) is 6.71. The fraction of sp³-hybridized carbons (Fsp3) is 0.182. The van der Waals surface area contributed by atoms with Crippen LogP contribution in [0.2, 0.25) is 0 Å². The molecule has 0 spiro atoms. The average Bonchev–Trinajstić information content (AvgIpc) is 3.04. The third kappa shape index (κ3) is 4.21. The van der Waals surface area contributed by atoms with Gasteiger partial charge in [-0.25, -0.2) is 8.42 Å². The lowest BCUT2D eigenvalue weighted by molar-refractivity contribution is 0.0998. The number of benzene rings is 2. The van der Waals surface area contributed by atoms with E-state index < -0.39 is 15.9 Å². The van der Waals surface area contributed by atoms with Crippen molar-refractivity contribution in [1.82, 2.24) is 8.87 Å². The lowest BCUT2D eigenvalue weighted by Gasteiger charge is -2.19. The number of para-hydroxylation sites is 1. The number of hydrogen-bond donors (Lipinski definition) is 0. The maximum absolute atomic E-state index is 12.8. The maximum Gasteiger partial charge on any atom is 0.279 e. The SMILES string of the molecule is C=CCN(CC=C)S(=O)(=O)c1ccc(C(=O)N=c2sc3cccc(C)c3n2C)cc1. The van der Waals surface area contributed by atoms with E-state index in [0.717, 1.165) is 15.8 Å². The van der Waals surface area contributed by atoms with E-state index in [0.29, 0.717) is 10.4 Å². The maximum atomic E-state index is 12.8. The number of rotatable bonds is 7. The quantitative estimate of drug-likeness (QED) is 0.526. The topological polar surface area (TPSA) is 71.7 Å². The van der Waals surface area contributed by atoms with Gasteiger partial charge in [0.05, 0.1) is 15.1 Å². The summed E-state index contributed by atoms with van der Waals surface area (Å²) in [6.07, 6.45) is 3.04. The van der Waals surface area contributed by atoms with Crippen molar-refractivity contribution < 1.29 is 13.2 Å². The van der Waals surface area contributed by atoms with Crippen LogP contribution in [0.15, 0.2) is 77.7 Å². The van der Waals surface area contributed by atoms with Gasteiger partial charge in [0, 0.05) is 25.7 Å². The molecule has 3 aromatic rings. The number of carbonyl (C=O) groups is 1. The van der Waals surface area contributed by atoms with Gasteiger partial charge in [-0.1, -0.05) is 35.6 Å². The van der Waals surface area contributed by atoms with Crippen LogP contribution in [0, 0.1) is 6.92 Å². The summed E-state index contributed by atoms with van der Waals surface area (Å²) in [5.41, 5.74) is 2.47. The Bertz CT molecular complexity index is 1270. The first-order valence-electron chi connectivity index (χ1n) is 9.25. The Morgan fingerprint density at radius 1 is 1.13 bits per heavy atom. The van der Waals surface area contributed by atoms with Crippen LogP contribution in [-0.2, 0) is 17.1 Å². The molecule has 0 saturated carbocycles. The second kappa shape index (κ2) is 8.91. The first-order chi connectivity index (χ1) is 14.3. The molecule has 0 N–H and O–H groups in total. The summed E-state index contributed by atoms with van der Waals surface area (Å²) in [6, 6.07) is 11.8. The van der Waals surface area contributed by atoms with Crippen LogP contribution in [0.3, 0.4) is 0 Å². The molecule has 2 aromatic carbocycles. The molecule has 0 unspecified atom stereocenters. The van der Waals surface area contributed by atoms with Gasteiger partial charge in [0.2, 0.25) is 10.0 Å². The molecule has 0 aliphatic heterocycles. The molecule has 8 heteroatoms. The summed E-state index contributed by atoms with van der Waals surface area (Å²) in [6.45, 7) is 9.55. The zero-order valence-corrected chi connectivity index (χ0v) is 18.5. The first-order valence-corrected chi connectivity index (χ1v) is 11.5. The van der Waals surface area contributed by atoms with Crippen LogP contribution in [0.4, 0.5) is 0 Å². The number of thiazole rings is 1. The van der Waals surface area contributed by atoms with Crippen molar-refractivity contribution in [1.29, 1.82) is 0 Å². The van der Waals surface area contributed by atoms with E-state index in [4.69, 9.17) is 0 Å². The van der Waals surface area contributed by atoms with Gasteiger partial charge in [0.25, 0.3) is 5.91 Å². The van der Waals surface area contributed by atoms with Crippen molar-refractivity contribution in [3.63, 3.8) is 0 Å². The van der Waals surface area contributed by atoms with Gasteiger partial charge in [-0.15, -0.1) is 13.2 Å². The minimum atomic E-state index is -3.71. The monoisotopic (exact) mass is 441 g/mol. The number of aromatic nitrogens is 1. The molecular weight excluding hydrogens is 418 g/mol. The Hall–Kier alpha value is -2.81. The van der Waals surface area contributed by atoms with E-state index in [1.54, 1.807) is 0 Å². The molecule has 0 bridgehead atoms. The Morgan fingerprint density at radius 2 is 1.77 bits per heavy atom. The van der Waals surface area contributed by atoms with Gasteiger partial charge in [-0.2, -0.15) is 9.30 Å². The third-order valence-electron chi connectivity index (χ3n) is 4.63. The number of sulfonamides is 1. The molecule has 30 heavy (non-hydrogen) atoms. The highest BCUT2D eigenvalue weighted by molar-refractivity contribution is 7.89. The van der Waals surface area contributed by atoms with Crippen LogP contribution < -0.4 is 4.80 Å². The molecule has 0 saturated heterocycles. The molecular formula is C22H23N3O3S2. The van der Waals surface area contributed by atoms with E-state index in [2.05, 4.69) is 18.2 Å². The standard InChI is InChI=1S/C22H23N3O3S2/c1-5-14-25(15-6-2)30(27,28)18-12-10-17(11-13-18)21(26)23-22-24(4)20-16(3)8-7-9-19(20)29-22/h5-13H,1-2,14-15H2,3-4H3. The molecule has 1 aromatic heterocycles. The molecule has 1 amide bonds. The third-order valence-corrected chi connectivity index (χ3v) is 7.57. The van der Waals surface area contributed by atoms with Crippen LogP contribution in [0.25, 0.3) is 10.2 Å². The zero-order valence-electron chi connectivity index (χ0n) is 16.9. The lowest BCUT2D eigenvalue weighted by atomic mass is 10.2. The molecule has 0 aliphatic carbocycles. The molecule has 0 aliphatic rings. The predicted octanol–water partition coefficient (Wildman–Crippen LogP) is 3.65. The van der Waals surface area contributed by atoms with Gasteiger partial charge in [0.15, 0.2) is 4.80 Å². The minimum absolute atomic E-state index is 0.103. The Morgan fingerprint density at radius 3 is 2.33 bits per heavy atom. The molecule has 0 fully saturated rings. The van der Waals surface area contributed by atoms with Crippen LogP contribution >= 0.6 is 11.3 Å². The molecule has 156 valence electrons. The van der Waals surface area contributed by atoms with Gasteiger partial charge >= 0.3 is 0 Å². The van der Waals surface area contributed by atoms with E-state index in [1.807, 2.05) is 36.7 Å². The van der Waals surface area contributed by atoms with Crippen LogP contribution in [0.5, 0.6) is 0 Å². The summed E-state index contributed by atoms with van der Waals surface area (Å²) in [5.74, 6) is -0.423. The van der Waals surface area contributed by atoms with Gasteiger partial charge in [-0.3, -0.25) is 4.79 Å². The summed E-state index contributed by atoms with van der Waals surface area (Å²) >= 11 is 1.44.